The zero-order valence-corrected chi connectivity index (χ0v) is 20.1. The first kappa shape index (κ1) is 15.5. The van der Waals surface area contributed by atoms with Crippen LogP contribution in [0.5, 0.6) is 0 Å². The number of hydrogen-bond donors (Lipinski definition) is 0. The van der Waals surface area contributed by atoms with Crippen molar-refractivity contribution in [3.05, 3.63) is 83.7 Å². The summed E-state index contributed by atoms with van der Waals surface area (Å²) in [5, 5.41) is 1.39. The first-order chi connectivity index (χ1) is 19.8. The Labute approximate surface area is 217 Å². The molecule has 2 aromatic carbocycles. The largest absolute Gasteiger partial charge is 0.437 e. The molecule has 0 saturated heterocycles. The molecule has 35 heavy (non-hydrogen) atoms. The van der Waals surface area contributed by atoms with Crippen LogP contribution in [0.2, 0.25) is 0 Å². The number of aromatic nitrogens is 2. The molecule has 0 radical (unpaired) electrons. The van der Waals surface area contributed by atoms with Crippen molar-refractivity contribution in [1.82, 2.24) is 4.98 Å². The summed E-state index contributed by atoms with van der Waals surface area (Å²) < 4.78 is 63.8. The van der Waals surface area contributed by atoms with Gasteiger partial charge in [-0.2, -0.15) is 0 Å². The van der Waals surface area contributed by atoms with E-state index in [2.05, 4.69) is 52.1 Å². The van der Waals surface area contributed by atoms with Crippen LogP contribution in [0.15, 0.2) is 71.3 Å². The minimum atomic E-state index is -3.13. The topological polar surface area (TPSA) is 29.9 Å². The first-order valence-corrected chi connectivity index (χ1v) is 12.2. The fourth-order valence-electron chi connectivity index (χ4n) is 5.52. The molecule has 0 bridgehead atoms. The third-order valence-electron chi connectivity index (χ3n) is 7.43. The molecule has 1 saturated carbocycles. The van der Waals surface area contributed by atoms with E-state index in [0.29, 0.717) is 16.9 Å². The summed E-state index contributed by atoms with van der Waals surface area (Å²) in [5.74, 6) is -2.22. The van der Waals surface area contributed by atoms with Crippen molar-refractivity contribution in [2.45, 2.75) is 58.1 Å². The monoisotopic (exact) mass is 468 g/mol. The molecule has 0 N–H and O–H groups in total. The van der Waals surface area contributed by atoms with Gasteiger partial charge in [-0.3, -0.25) is 0 Å². The van der Waals surface area contributed by atoms with Gasteiger partial charge in [0.1, 0.15) is 7.05 Å². The van der Waals surface area contributed by atoms with Crippen LogP contribution < -0.4 is 4.57 Å². The van der Waals surface area contributed by atoms with Crippen molar-refractivity contribution in [3.8, 4) is 22.4 Å². The minimum Gasteiger partial charge on any atom is -0.437 e. The van der Waals surface area contributed by atoms with Crippen LogP contribution in [-0.4, -0.2) is 4.98 Å². The maximum Gasteiger partial charge on any atom is 0.227 e. The lowest BCUT2D eigenvalue weighted by Gasteiger charge is -2.10. The Morgan fingerprint density at radius 3 is 2.43 bits per heavy atom. The lowest BCUT2D eigenvalue weighted by atomic mass is 9.95. The molecular formula is C32H33N2O+. The van der Waals surface area contributed by atoms with Crippen molar-refractivity contribution in [2.24, 2.45) is 7.05 Å². The molecule has 0 unspecified atom stereocenters. The van der Waals surface area contributed by atoms with Crippen LogP contribution in [0, 0.1) is 6.92 Å². The molecule has 1 aliphatic carbocycles. The van der Waals surface area contributed by atoms with Crippen LogP contribution >= 0.6 is 0 Å². The summed E-state index contributed by atoms with van der Waals surface area (Å²) in [6.07, 6.45) is 7.27. The van der Waals surface area contributed by atoms with Crippen LogP contribution in [0.1, 0.15) is 77.6 Å². The van der Waals surface area contributed by atoms with Crippen LogP contribution in [-0.2, 0) is 7.05 Å². The Bertz CT molecular complexity index is 1780. The Morgan fingerprint density at radius 1 is 0.943 bits per heavy atom. The molecule has 1 aliphatic rings. The second-order valence-electron chi connectivity index (χ2n) is 9.68. The molecule has 0 spiro atoms. The van der Waals surface area contributed by atoms with Crippen LogP contribution in [0.3, 0.4) is 0 Å². The van der Waals surface area contributed by atoms with E-state index in [1.807, 2.05) is 26.1 Å². The lowest BCUT2D eigenvalue weighted by molar-refractivity contribution is -0.659. The SMILES string of the molecule is [2H]C([2H])([2H])C([2H])(c1ccc2c(n1)oc1c(-c3ccc(-c4ccc(C5CCCC5)cc4)c[n+]3C)c(C)ccc12)C([2H])([2H])[2H]. The Hall–Kier alpha value is -3.46. The molecule has 176 valence electrons. The van der Waals surface area contributed by atoms with Gasteiger partial charge in [0.25, 0.3) is 0 Å². The Balaban J connectivity index is 1.43. The zero-order chi connectivity index (χ0) is 30.0. The molecule has 3 aromatic heterocycles. The van der Waals surface area contributed by atoms with Crippen molar-refractivity contribution in [1.29, 1.82) is 0 Å². The summed E-state index contributed by atoms with van der Waals surface area (Å²) >= 11 is 0. The van der Waals surface area contributed by atoms with Gasteiger partial charge in [-0.1, -0.05) is 62.9 Å². The van der Waals surface area contributed by atoms with E-state index in [-0.39, 0.29) is 11.4 Å². The number of aryl methyl sites for hydroxylation is 2. The lowest BCUT2D eigenvalue weighted by Crippen LogP contribution is -2.31. The Kier molecular flexibility index (Phi) is 3.83. The van der Waals surface area contributed by atoms with Crippen molar-refractivity contribution < 1.29 is 18.6 Å². The Morgan fingerprint density at radius 2 is 1.69 bits per heavy atom. The summed E-state index contributed by atoms with van der Waals surface area (Å²) in [7, 11) is 1.99. The highest BCUT2D eigenvalue weighted by Crippen LogP contribution is 2.38. The highest BCUT2D eigenvalue weighted by molar-refractivity contribution is 6.08. The van der Waals surface area contributed by atoms with E-state index in [9.17, 15) is 0 Å². The molecule has 3 heteroatoms. The van der Waals surface area contributed by atoms with Crippen molar-refractivity contribution in [3.63, 3.8) is 0 Å². The fraction of sp³-hybridized carbons (Fsp3) is 0.312. The first-order valence-electron chi connectivity index (χ1n) is 15.7. The van der Waals surface area contributed by atoms with E-state index < -0.39 is 19.6 Å². The van der Waals surface area contributed by atoms with Crippen molar-refractivity contribution >= 4 is 22.1 Å². The molecule has 3 nitrogen and oxygen atoms in total. The van der Waals surface area contributed by atoms with Crippen LogP contribution in [0.25, 0.3) is 44.5 Å². The van der Waals surface area contributed by atoms with Gasteiger partial charge < -0.3 is 4.42 Å². The third kappa shape index (κ3) is 3.83. The zero-order valence-electron chi connectivity index (χ0n) is 27.1. The van der Waals surface area contributed by atoms with E-state index in [1.165, 1.54) is 37.3 Å². The number of furan rings is 1. The number of hydrogen-bond acceptors (Lipinski definition) is 2. The van der Waals surface area contributed by atoms with E-state index >= 15 is 0 Å². The average Bonchev–Trinajstić information content (AvgIpc) is 3.60. The smallest absolute Gasteiger partial charge is 0.227 e. The maximum absolute atomic E-state index is 8.53. The molecule has 5 aromatic rings. The second-order valence-corrected chi connectivity index (χ2v) is 9.68. The van der Waals surface area contributed by atoms with Gasteiger partial charge in [0.2, 0.25) is 11.4 Å². The quantitative estimate of drug-likeness (QED) is 0.249. The van der Waals surface area contributed by atoms with E-state index in [0.717, 1.165) is 33.3 Å². The van der Waals surface area contributed by atoms with Gasteiger partial charge in [0.05, 0.1) is 5.56 Å². The van der Waals surface area contributed by atoms with Gasteiger partial charge in [0.15, 0.2) is 11.8 Å². The average molecular weight is 469 g/mol. The molecule has 3 heterocycles. The van der Waals surface area contributed by atoms with E-state index in [1.54, 1.807) is 6.07 Å². The van der Waals surface area contributed by atoms with Gasteiger partial charge in [-0.15, -0.1) is 0 Å². The highest BCUT2D eigenvalue weighted by atomic mass is 16.3. The number of benzene rings is 2. The van der Waals surface area contributed by atoms with Gasteiger partial charge >= 0.3 is 0 Å². The maximum atomic E-state index is 8.53. The molecule has 0 aliphatic heterocycles. The normalized spacial score (nSPS) is 18.5. The summed E-state index contributed by atoms with van der Waals surface area (Å²) in [4.78, 5) is 4.31. The van der Waals surface area contributed by atoms with Crippen LogP contribution in [0.4, 0.5) is 0 Å². The van der Waals surface area contributed by atoms with Crippen molar-refractivity contribution in [2.75, 3.05) is 0 Å². The predicted molar refractivity (Wildman–Crippen MR) is 144 cm³/mol. The molecule has 0 atom stereocenters. The fourth-order valence-corrected chi connectivity index (χ4v) is 5.52. The summed E-state index contributed by atoms with van der Waals surface area (Å²) in [6, 6.07) is 19.9. The molecule has 6 rings (SSSR count). The number of fused-ring (bicyclic) bond motifs is 3. The van der Waals surface area contributed by atoms with Gasteiger partial charge in [-0.05, 0) is 66.5 Å². The standard InChI is InChI=1S/C32H33N2O/c1-20(2)28-17-16-27-26-15-9-21(3)30(31(26)35-32(27)33-28)29-18-14-25(19-34(29)4)24-12-10-23(11-13-24)22-7-5-6-8-22/h9-20,22H,5-8H2,1-4H3/q+1/i1D3,2D3,20D. The molecule has 0 amide bonds. The summed E-state index contributed by atoms with van der Waals surface area (Å²) in [6.45, 7) is -4.26. The number of nitrogens with zero attached hydrogens (tertiary/aromatic N) is 2. The number of rotatable bonds is 4. The summed E-state index contributed by atoms with van der Waals surface area (Å²) in [5.41, 5.74) is 6.72. The highest BCUT2D eigenvalue weighted by Gasteiger charge is 2.22. The second kappa shape index (κ2) is 8.64. The minimum absolute atomic E-state index is 0.0982. The third-order valence-corrected chi connectivity index (χ3v) is 7.43. The van der Waals surface area contributed by atoms with Gasteiger partial charge in [0, 0.05) is 37.7 Å². The van der Waals surface area contributed by atoms with Gasteiger partial charge in [-0.25, -0.2) is 9.55 Å². The molecular weight excluding hydrogens is 428 g/mol. The number of pyridine rings is 2. The predicted octanol–water partition coefficient (Wildman–Crippen LogP) is 8.23. The molecule has 1 fully saturated rings. The van der Waals surface area contributed by atoms with E-state index in [4.69, 9.17) is 14.0 Å².